The maximum absolute atomic E-state index is 12.3. The van der Waals surface area contributed by atoms with E-state index >= 15 is 0 Å². The first kappa shape index (κ1) is 15.5. The molecule has 106 valence electrons. The Morgan fingerprint density at radius 1 is 1.47 bits per heavy atom. The zero-order valence-corrected chi connectivity index (χ0v) is 12.7. The molecular formula is C15H24N2O2. The largest absolute Gasteiger partial charge is 0.443 e. The van der Waals surface area contributed by atoms with Gasteiger partial charge in [0.2, 0.25) is 0 Å². The van der Waals surface area contributed by atoms with Crippen LogP contribution >= 0.6 is 0 Å². The van der Waals surface area contributed by atoms with Crippen molar-refractivity contribution >= 4 is 11.9 Å². The van der Waals surface area contributed by atoms with Gasteiger partial charge in [0.25, 0.3) is 0 Å². The minimum absolute atomic E-state index is 0.0455. The summed E-state index contributed by atoms with van der Waals surface area (Å²) < 4.78 is 5.46. The molecule has 0 aliphatic heterocycles. The minimum Gasteiger partial charge on any atom is -0.443 e. The average molecular weight is 264 g/mol. The van der Waals surface area contributed by atoms with Crippen LogP contribution in [0.1, 0.15) is 46.6 Å². The van der Waals surface area contributed by atoms with E-state index in [0.29, 0.717) is 5.82 Å². The lowest BCUT2D eigenvalue weighted by Crippen LogP contribution is -2.42. The zero-order valence-electron chi connectivity index (χ0n) is 12.7. The molecule has 4 heteroatoms. The van der Waals surface area contributed by atoms with E-state index in [1.807, 2.05) is 53.7 Å². The standard InChI is InChI=1S/C15H24N2O2/c1-7-12(3)17(14(18)19-15(4,5)6)13-10-11(2)8-9-16-13/h8-10,12H,7H2,1-6H3. The fraction of sp³-hybridized carbons (Fsp3) is 0.600. The van der Waals surface area contributed by atoms with Gasteiger partial charge in [0.15, 0.2) is 0 Å². The van der Waals surface area contributed by atoms with Crippen LogP contribution in [0.4, 0.5) is 10.6 Å². The van der Waals surface area contributed by atoms with Gasteiger partial charge in [0, 0.05) is 12.2 Å². The van der Waals surface area contributed by atoms with Gasteiger partial charge in [-0.25, -0.2) is 9.78 Å². The van der Waals surface area contributed by atoms with Crippen LogP contribution in [0.2, 0.25) is 0 Å². The summed E-state index contributed by atoms with van der Waals surface area (Å²) in [6, 6.07) is 3.85. The highest BCUT2D eigenvalue weighted by Gasteiger charge is 2.27. The molecule has 0 N–H and O–H groups in total. The van der Waals surface area contributed by atoms with E-state index in [9.17, 15) is 4.79 Å². The fourth-order valence-electron chi connectivity index (χ4n) is 1.64. The number of aromatic nitrogens is 1. The van der Waals surface area contributed by atoms with Crippen LogP contribution in [-0.4, -0.2) is 22.7 Å². The summed E-state index contributed by atoms with van der Waals surface area (Å²) in [6.07, 6.45) is 2.21. The van der Waals surface area contributed by atoms with E-state index in [1.165, 1.54) is 0 Å². The molecule has 0 aromatic carbocycles. The van der Waals surface area contributed by atoms with Crippen molar-refractivity contribution in [2.45, 2.75) is 59.6 Å². The zero-order chi connectivity index (χ0) is 14.6. The maximum Gasteiger partial charge on any atom is 0.416 e. The molecule has 0 aliphatic carbocycles. The van der Waals surface area contributed by atoms with Gasteiger partial charge in [0.05, 0.1) is 0 Å². The molecule has 1 unspecified atom stereocenters. The molecule has 0 saturated carbocycles. The van der Waals surface area contributed by atoms with Crippen LogP contribution < -0.4 is 4.90 Å². The molecule has 1 atom stereocenters. The smallest absolute Gasteiger partial charge is 0.416 e. The quantitative estimate of drug-likeness (QED) is 0.830. The molecule has 0 aliphatic rings. The molecule has 1 heterocycles. The summed E-state index contributed by atoms with van der Waals surface area (Å²) in [4.78, 5) is 18.2. The average Bonchev–Trinajstić information content (AvgIpc) is 2.26. The van der Waals surface area contributed by atoms with Crippen LogP contribution in [0.5, 0.6) is 0 Å². The Labute approximate surface area is 115 Å². The van der Waals surface area contributed by atoms with Crippen molar-refractivity contribution in [3.63, 3.8) is 0 Å². The van der Waals surface area contributed by atoms with Gasteiger partial charge in [-0.2, -0.15) is 0 Å². The van der Waals surface area contributed by atoms with Crippen molar-refractivity contribution in [2.24, 2.45) is 0 Å². The first-order valence-electron chi connectivity index (χ1n) is 6.69. The molecule has 0 bridgehead atoms. The van der Waals surface area contributed by atoms with Crippen molar-refractivity contribution < 1.29 is 9.53 Å². The number of aryl methyl sites for hydroxylation is 1. The highest BCUT2D eigenvalue weighted by atomic mass is 16.6. The van der Waals surface area contributed by atoms with Gasteiger partial charge in [0.1, 0.15) is 11.4 Å². The highest BCUT2D eigenvalue weighted by Crippen LogP contribution is 2.20. The Morgan fingerprint density at radius 2 is 2.11 bits per heavy atom. The minimum atomic E-state index is -0.507. The number of pyridine rings is 1. The monoisotopic (exact) mass is 264 g/mol. The Kier molecular flexibility index (Phi) is 4.92. The summed E-state index contributed by atoms with van der Waals surface area (Å²) in [5.41, 5.74) is 0.564. The fourth-order valence-corrected chi connectivity index (χ4v) is 1.64. The van der Waals surface area contributed by atoms with Crippen LogP contribution in [0.15, 0.2) is 18.3 Å². The second-order valence-corrected chi connectivity index (χ2v) is 5.80. The van der Waals surface area contributed by atoms with Crippen LogP contribution in [-0.2, 0) is 4.74 Å². The third-order valence-corrected chi connectivity index (χ3v) is 2.77. The molecular weight excluding hydrogens is 240 g/mol. The lowest BCUT2D eigenvalue weighted by atomic mass is 10.2. The van der Waals surface area contributed by atoms with Gasteiger partial charge < -0.3 is 4.74 Å². The van der Waals surface area contributed by atoms with Crippen LogP contribution in [0.3, 0.4) is 0 Å². The molecule has 4 nitrogen and oxygen atoms in total. The predicted octanol–water partition coefficient (Wildman–Crippen LogP) is 3.93. The molecule has 19 heavy (non-hydrogen) atoms. The number of hydrogen-bond acceptors (Lipinski definition) is 3. The number of nitrogens with zero attached hydrogens (tertiary/aromatic N) is 2. The summed E-state index contributed by atoms with van der Waals surface area (Å²) in [5, 5.41) is 0. The van der Waals surface area contributed by atoms with E-state index < -0.39 is 5.60 Å². The second kappa shape index (κ2) is 6.04. The van der Waals surface area contributed by atoms with E-state index in [-0.39, 0.29) is 12.1 Å². The van der Waals surface area contributed by atoms with Crippen molar-refractivity contribution in [1.29, 1.82) is 0 Å². The van der Waals surface area contributed by atoms with Crippen molar-refractivity contribution in [2.75, 3.05) is 4.90 Å². The Balaban J connectivity index is 3.05. The lowest BCUT2D eigenvalue weighted by molar-refractivity contribution is 0.0566. The molecule has 1 amide bonds. The molecule has 1 rings (SSSR count). The number of ether oxygens (including phenoxy) is 1. The van der Waals surface area contributed by atoms with E-state index in [2.05, 4.69) is 4.98 Å². The summed E-state index contributed by atoms with van der Waals surface area (Å²) >= 11 is 0. The topological polar surface area (TPSA) is 42.4 Å². The van der Waals surface area contributed by atoms with Gasteiger partial charge in [-0.3, -0.25) is 4.90 Å². The molecule has 0 spiro atoms. The molecule has 0 fully saturated rings. The van der Waals surface area contributed by atoms with E-state index in [4.69, 9.17) is 4.74 Å². The number of amides is 1. The Hall–Kier alpha value is -1.58. The lowest BCUT2D eigenvalue weighted by Gasteiger charge is -2.30. The summed E-state index contributed by atoms with van der Waals surface area (Å²) in [7, 11) is 0. The molecule has 0 radical (unpaired) electrons. The SMILES string of the molecule is CCC(C)N(C(=O)OC(C)(C)C)c1cc(C)ccn1. The van der Waals surface area contributed by atoms with Crippen LogP contribution in [0, 0.1) is 6.92 Å². The van der Waals surface area contributed by atoms with Crippen LogP contribution in [0.25, 0.3) is 0 Å². The van der Waals surface area contributed by atoms with Gasteiger partial charge in [-0.1, -0.05) is 6.92 Å². The Morgan fingerprint density at radius 3 is 2.58 bits per heavy atom. The van der Waals surface area contributed by atoms with Gasteiger partial charge >= 0.3 is 6.09 Å². The third-order valence-electron chi connectivity index (χ3n) is 2.77. The number of anilines is 1. The first-order valence-corrected chi connectivity index (χ1v) is 6.69. The third kappa shape index (κ3) is 4.54. The highest BCUT2D eigenvalue weighted by molar-refractivity contribution is 5.87. The molecule has 1 aromatic heterocycles. The number of carbonyl (C=O) groups is 1. The van der Waals surface area contributed by atoms with Gasteiger partial charge in [-0.05, 0) is 58.7 Å². The number of carbonyl (C=O) groups excluding carboxylic acids is 1. The molecule has 1 aromatic rings. The Bertz CT molecular complexity index is 438. The predicted molar refractivity (Wildman–Crippen MR) is 77.4 cm³/mol. The summed E-state index contributed by atoms with van der Waals surface area (Å²) in [5.74, 6) is 0.642. The second-order valence-electron chi connectivity index (χ2n) is 5.80. The van der Waals surface area contributed by atoms with Crippen molar-refractivity contribution in [3.05, 3.63) is 23.9 Å². The van der Waals surface area contributed by atoms with E-state index in [1.54, 1.807) is 11.1 Å². The van der Waals surface area contributed by atoms with Gasteiger partial charge in [-0.15, -0.1) is 0 Å². The van der Waals surface area contributed by atoms with Crippen molar-refractivity contribution in [1.82, 2.24) is 4.98 Å². The maximum atomic E-state index is 12.3. The molecule has 0 saturated heterocycles. The number of hydrogen-bond donors (Lipinski definition) is 0. The normalized spacial score (nSPS) is 12.9. The summed E-state index contributed by atoms with van der Waals surface area (Å²) in [6.45, 7) is 11.6. The first-order chi connectivity index (χ1) is 8.74. The number of rotatable bonds is 3. The van der Waals surface area contributed by atoms with E-state index in [0.717, 1.165) is 12.0 Å². The van der Waals surface area contributed by atoms with Crippen molar-refractivity contribution in [3.8, 4) is 0 Å².